The monoisotopic (exact) mass is 1190 g/mol. The summed E-state index contributed by atoms with van der Waals surface area (Å²) in [7, 11) is 0. The van der Waals surface area contributed by atoms with Gasteiger partial charge in [-0.2, -0.15) is 9.36 Å². The number of benzene rings is 3. The van der Waals surface area contributed by atoms with Crippen LogP contribution in [0.25, 0.3) is 28.7 Å². The molecule has 3 N–H and O–H groups in total. The molecule has 0 aliphatic heterocycles. The van der Waals surface area contributed by atoms with Crippen molar-refractivity contribution in [3.63, 3.8) is 0 Å². The van der Waals surface area contributed by atoms with E-state index in [1.807, 2.05) is 74.5 Å². The second-order valence-electron chi connectivity index (χ2n) is 22.1. The summed E-state index contributed by atoms with van der Waals surface area (Å²) in [6, 6.07) is 19.1. The zero-order chi connectivity index (χ0) is 61.1. The summed E-state index contributed by atoms with van der Waals surface area (Å²) in [6.45, 7) is 13.4. The first-order chi connectivity index (χ1) is 41.2. The zero-order valence-corrected chi connectivity index (χ0v) is 48.9. The molecule has 0 radical (unpaired) electrons. The van der Waals surface area contributed by atoms with Crippen molar-refractivity contribution in [3.8, 4) is 28.7 Å². The topological polar surface area (TPSA) is 264 Å². The molecule has 86 heavy (non-hydrogen) atoms. The Kier molecular flexibility index (Phi) is 17.5. The van der Waals surface area contributed by atoms with Crippen LogP contribution in [-0.2, 0) is 6.42 Å². The van der Waals surface area contributed by atoms with Crippen LogP contribution >= 0.6 is 11.6 Å². The highest BCUT2D eigenvalue weighted by molar-refractivity contribution is 6.67. The first-order valence-corrected chi connectivity index (χ1v) is 28.3. The van der Waals surface area contributed by atoms with Gasteiger partial charge in [-0.05, 0) is 169 Å². The smallest absolute Gasteiger partial charge is 0.338 e. The number of carboxylic acid groups (broad SMARTS) is 1. The Labute approximate surface area is 497 Å². The van der Waals surface area contributed by atoms with Gasteiger partial charge in [0.15, 0.2) is 29.1 Å². The molecule has 25 heteroatoms. The van der Waals surface area contributed by atoms with Crippen molar-refractivity contribution in [1.82, 2.24) is 79.0 Å². The third-order valence-electron chi connectivity index (χ3n) is 14.6. The van der Waals surface area contributed by atoms with E-state index >= 15 is 0 Å². The number of anilines is 1. The number of nitrogen functional groups attached to an aromatic ring is 1. The largest absolute Gasteiger partial charge is 0.478 e. The third-order valence-corrected chi connectivity index (χ3v) is 14.8. The van der Waals surface area contributed by atoms with Gasteiger partial charge in [-0.15, -0.1) is 10.2 Å². The van der Waals surface area contributed by atoms with Crippen LogP contribution < -0.4 is 5.73 Å². The van der Waals surface area contributed by atoms with Crippen LogP contribution in [0.1, 0.15) is 178 Å². The van der Waals surface area contributed by atoms with Gasteiger partial charge in [-0.3, -0.25) is 9.59 Å². The third kappa shape index (κ3) is 13.8. The van der Waals surface area contributed by atoms with Gasteiger partial charge >= 0.3 is 5.97 Å². The number of rotatable bonds is 15. The number of carbonyl (C=O) groups is 3. The molecule has 21 nitrogen and oxygen atoms in total. The zero-order valence-electron chi connectivity index (χ0n) is 48.1. The van der Waals surface area contributed by atoms with E-state index in [2.05, 4.69) is 56.0 Å². The molecule has 3 aliphatic rings. The predicted molar refractivity (Wildman–Crippen MR) is 312 cm³/mol. The predicted octanol–water partition coefficient (Wildman–Crippen LogP) is 11.4. The number of ketones is 1. The molecule has 0 unspecified atom stereocenters. The normalized spacial score (nSPS) is 13.6. The number of halogens is 4. The number of hydrogen-bond donors (Lipinski definition) is 2. The van der Waals surface area contributed by atoms with E-state index in [4.69, 9.17) is 22.4 Å². The van der Waals surface area contributed by atoms with Crippen LogP contribution in [0.2, 0.25) is 0 Å². The van der Waals surface area contributed by atoms with Gasteiger partial charge in [-0.25, -0.2) is 42.9 Å². The van der Waals surface area contributed by atoms with Gasteiger partial charge in [-0.1, -0.05) is 39.8 Å². The molecule has 3 aliphatic carbocycles. The number of carboxylic acids is 1. The number of nitrogens with two attached hydrogens (primary N) is 1. The summed E-state index contributed by atoms with van der Waals surface area (Å²) >= 11 is 5.38. The van der Waals surface area contributed by atoms with Gasteiger partial charge in [0.2, 0.25) is 0 Å². The molecule has 0 atom stereocenters. The highest BCUT2D eigenvalue weighted by Crippen LogP contribution is 2.41. The van der Waals surface area contributed by atoms with Crippen molar-refractivity contribution >= 4 is 34.4 Å². The lowest BCUT2D eigenvalue weighted by Crippen LogP contribution is -2.12. The van der Waals surface area contributed by atoms with E-state index in [1.165, 1.54) is 43.2 Å². The summed E-state index contributed by atoms with van der Waals surface area (Å²) in [4.78, 5) is 57.1. The molecule has 0 saturated heterocycles. The molecular formula is C61H61ClF3N17O4. The number of Topliss-reactive ketones (excluding diaryl/α,β-unsaturated/α-hetero) is 1. The minimum absolute atomic E-state index is 0.0368. The fourth-order valence-electron chi connectivity index (χ4n) is 9.46. The highest BCUT2D eigenvalue weighted by atomic mass is 35.5. The Morgan fingerprint density at radius 1 is 0.581 bits per heavy atom. The minimum Gasteiger partial charge on any atom is -0.478 e. The van der Waals surface area contributed by atoms with Gasteiger partial charge in [0.1, 0.15) is 23.3 Å². The van der Waals surface area contributed by atoms with Crippen LogP contribution in [0.4, 0.5) is 19.0 Å². The summed E-state index contributed by atoms with van der Waals surface area (Å²) in [5.74, 6) is 1.55. The summed E-state index contributed by atoms with van der Waals surface area (Å²) in [5, 5.41) is 31.4. The molecule has 0 bridgehead atoms. The first kappa shape index (κ1) is 59.6. The van der Waals surface area contributed by atoms with Crippen molar-refractivity contribution in [3.05, 3.63) is 196 Å². The summed E-state index contributed by atoms with van der Waals surface area (Å²) in [5.41, 5.74) is 13.1. The van der Waals surface area contributed by atoms with Crippen LogP contribution in [0.5, 0.6) is 0 Å². The standard InChI is InChI=1S/C24H24FN7O.C14H12ClFN2O.C14H13FN2O2.C9H12N6/c1-14(2)24-28-29-30-32(24)23-6-4-5-17(27-23)10-22(33)18-11-21(15(3)9-19(18)25)31-12-20(26-13-31)16-7-8-16;1-8-4-11(16)10(14(15)19)5-13(8)18-6-12(17-7-18)9-2-3-9;1-8-4-11(15)10(14(18)19)5-13(8)17-6-12(16-7-17)9-2-3-9;1-6(2)9-12-13-14-15(9)8-5-3-4-7(10)11-8/h4-6,9,11-14,16H,7-8,10H2,1-3H3;4-7,9H,2-3H2,1H3;4-7,9H,2-3H2,1H3,(H,18,19);3-6H,1-2H3,(H2,10,11). The maximum absolute atomic E-state index is 14.8. The molecular weight excluding hydrogens is 1130 g/mol. The molecule has 7 heterocycles. The molecule has 3 saturated carbocycles. The van der Waals surface area contributed by atoms with E-state index in [0.717, 1.165) is 71.1 Å². The number of aromatic carboxylic acids is 1. The number of imidazole rings is 3. The molecule has 10 aromatic rings. The number of tetrazole rings is 2. The molecule has 0 amide bonds. The molecule has 3 fully saturated rings. The van der Waals surface area contributed by atoms with Crippen molar-refractivity contribution in [2.75, 3.05) is 5.73 Å². The SMILES string of the molecule is CC(C)c1nnnn1-c1cccc(N)n1.Cc1cc(F)c(C(=O)Cc2cccc(-n3nnnc3C(C)C)n2)cc1-n1cnc(C2CC2)c1.Cc1cc(F)c(C(=O)Cl)cc1-n1cnc(C2CC2)c1.Cc1cc(F)c(C(=O)O)cc1-n1cnc(C2CC2)c1. The van der Waals surface area contributed by atoms with Gasteiger partial charge in [0.25, 0.3) is 5.24 Å². The van der Waals surface area contributed by atoms with Crippen molar-refractivity contribution in [1.29, 1.82) is 0 Å². The highest BCUT2D eigenvalue weighted by Gasteiger charge is 2.29. The minimum atomic E-state index is -1.26. The number of nitrogens with zero attached hydrogens (tertiary/aromatic N) is 16. The Morgan fingerprint density at radius 3 is 1.38 bits per heavy atom. The maximum Gasteiger partial charge on any atom is 0.338 e. The van der Waals surface area contributed by atoms with Crippen LogP contribution in [0.3, 0.4) is 0 Å². The quantitative estimate of drug-likeness (QED) is 0.0714. The van der Waals surface area contributed by atoms with Gasteiger partial charge in [0.05, 0.1) is 81.9 Å². The lowest BCUT2D eigenvalue weighted by Gasteiger charge is -2.11. The molecule has 442 valence electrons. The number of hydrogen-bond acceptors (Lipinski definition) is 15. The average Bonchev–Trinajstić information content (AvgIpc) is 4.21. The van der Waals surface area contributed by atoms with Crippen LogP contribution in [0.15, 0.2) is 110 Å². The molecule has 0 spiro atoms. The van der Waals surface area contributed by atoms with Gasteiger partial charge < -0.3 is 24.5 Å². The average molecular weight is 1190 g/mol. The van der Waals surface area contributed by atoms with Crippen LogP contribution in [-0.4, -0.2) is 101 Å². The number of pyridine rings is 2. The molecule has 13 rings (SSSR count). The Balaban J connectivity index is 0.000000134. The van der Waals surface area contributed by atoms with Crippen molar-refractivity contribution in [2.24, 2.45) is 0 Å². The van der Waals surface area contributed by atoms with E-state index in [-0.39, 0.29) is 40.7 Å². The second kappa shape index (κ2) is 25.3. The first-order valence-electron chi connectivity index (χ1n) is 28.0. The lowest BCUT2D eigenvalue weighted by molar-refractivity contribution is 0.0691. The van der Waals surface area contributed by atoms with E-state index in [1.54, 1.807) is 77.1 Å². The lowest BCUT2D eigenvalue weighted by atomic mass is 10.0. The van der Waals surface area contributed by atoms with E-state index in [9.17, 15) is 27.6 Å². The molecule has 3 aromatic carbocycles. The number of aromatic nitrogens is 16. The summed E-state index contributed by atoms with van der Waals surface area (Å²) in [6.07, 6.45) is 17.8. The Hall–Kier alpha value is -9.58. The fraction of sp³-hybridized carbons (Fsp3) is 0.311. The maximum atomic E-state index is 14.8. The Bertz CT molecular complexity index is 4020. The van der Waals surface area contributed by atoms with Crippen molar-refractivity contribution < 1.29 is 32.7 Å². The molecule has 7 aromatic heterocycles. The Morgan fingerprint density at radius 2 is 0.977 bits per heavy atom. The number of carbonyl (C=O) groups excluding carboxylic acids is 2. The summed E-state index contributed by atoms with van der Waals surface area (Å²) < 4.78 is 50.5. The van der Waals surface area contributed by atoms with Crippen molar-refractivity contribution in [2.45, 2.75) is 123 Å². The van der Waals surface area contributed by atoms with Gasteiger partial charge in [0, 0.05) is 48.2 Å². The van der Waals surface area contributed by atoms with Crippen LogP contribution in [0, 0.1) is 38.2 Å². The second-order valence-corrected chi connectivity index (χ2v) is 22.4. The van der Waals surface area contributed by atoms with E-state index < -0.39 is 28.7 Å². The fourth-order valence-corrected chi connectivity index (χ4v) is 9.61. The van der Waals surface area contributed by atoms with E-state index in [0.29, 0.717) is 58.0 Å². The number of aryl methyl sites for hydroxylation is 3.